The first-order chi connectivity index (χ1) is 15.3. The standard InChI is InChI=1S/C26H29N3S2/c1-28-17-8-6-9-19(28)15-18-29-21-11-3-4-12-22(21)31-24-14-13-23(30-2)25(26(24)29)20-10-5-7-16-27-20/h3-5,7,10-14,16,19H,6,8-9,15,17-18H2,1-2H3. The fourth-order valence-corrected chi connectivity index (χ4v) is 6.58. The minimum Gasteiger partial charge on any atom is -0.339 e. The lowest BCUT2D eigenvalue weighted by Crippen LogP contribution is -2.38. The van der Waals surface area contributed by atoms with Crippen LogP contribution >= 0.6 is 23.5 Å². The molecule has 31 heavy (non-hydrogen) atoms. The van der Waals surface area contributed by atoms with Gasteiger partial charge in [0.05, 0.1) is 17.1 Å². The lowest BCUT2D eigenvalue weighted by Gasteiger charge is -2.38. The summed E-state index contributed by atoms with van der Waals surface area (Å²) in [5, 5.41) is 0. The van der Waals surface area contributed by atoms with Crippen molar-refractivity contribution in [2.75, 3.05) is 31.3 Å². The lowest BCUT2D eigenvalue weighted by atomic mass is 9.99. The van der Waals surface area contributed by atoms with E-state index in [2.05, 4.69) is 71.6 Å². The minimum atomic E-state index is 0.668. The molecule has 1 saturated heterocycles. The molecule has 2 aliphatic heterocycles. The summed E-state index contributed by atoms with van der Waals surface area (Å²) in [7, 11) is 2.29. The highest BCUT2D eigenvalue weighted by molar-refractivity contribution is 8.00. The third-order valence-electron chi connectivity index (χ3n) is 6.50. The Kier molecular flexibility index (Phi) is 6.26. The zero-order chi connectivity index (χ0) is 21.2. The summed E-state index contributed by atoms with van der Waals surface area (Å²) in [6.45, 7) is 2.25. The van der Waals surface area contributed by atoms with Crippen LogP contribution < -0.4 is 4.90 Å². The van der Waals surface area contributed by atoms with Gasteiger partial charge >= 0.3 is 0 Å². The molecular weight excluding hydrogens is 418 g/mol. The van der Waals surface area contributed by atoms with E-state index < -0.39 is 0 Å². The fraction of sp³-hybridized carbons (Fsp3) is 0.346. The van der Waals surface area contributed by atoms with Gasteiger partial charge in [-0.2, -0.15) is 0 Å². The molecule has 3 heterocycles. The maximum absolute atomic E-state index is 4.76. The minimum absolute atomic E-state index is 0.668. The van der Waals surface area contributed by atoms with Crippen molar-refractivity contribution < 1.29 is 0 Å². The monoisotopic (exact) mass is 447 g/mol. The zero-order valence-corrected chi connectivity index (χ0v) is 19.9. The third-order valence-corrected chi connectivity index (χ3v) is 8.39. The zero-order valence-electron chi connectivity index (χ0n) is 18.3. The number of aromatic nitrogens is 1. The Bertz CT molecular complexity index is 1050. The second-order valence-electron chi connectivity index (χ2n) is 8.34. The van der Waals surface area contributed by atoms with Crippen LogP contribution in [0.2, 0.25) is 0 Å². The van der Waals surface area contributed by atoms with Gasteiger partial charge in [-0.25, -0.2) is 0 Å². The van der Waals surface area contributed by atoms with E-state index in [-0.39, 0.29) is 0 Å². The number of likely N-dealkylation sites (tertiary alicyclic amines) is 1. The lowest BCUT2D eigenvalue weighted by molar-refractivity contribution is 0.178. The molecule has 0 aliphatic carbocycles. The first-order valence-corrected chi connectivity index (χ1v) is 13.2. The second kappa shape index (κ2) is 9.27. The Morgan fingerprint density at radius 1 is 1.03 bits per heavy atom. The average molecular weight is 448 g/mol. The second-order valence-corrected chi connectivity index (χ2v) is 10.3. The van der Waals surface area contributed by atoms with Gasteiger partial charge in [-0.15, -0.1) is 11.8 Å². The van der Waals surface area contributed by atoms with E-state index in [1.807, 2.05) is 35.8 Å². The number of benzene rings is 2. The van der Waals surface area contributed by atoms with Crippen molar-refractivity contribution in [2.24, 2.45) is 0 Å². The van der Waals surface area contributed by atoms with Gasteiger partial charge in [0.1, 0.15) is 0 Å². The van der Waals surface area contributed by atoms with Gasteiger partial charge in [0.2, 0.25) is 0 Å². The number of hydrogen-bond acceptors (Lipinski definition) is 5. The summed E-state index contributed by atoms with van der Waals surface area (Å²) in [5.74, 6) is 0. The summed E-state index contributed by atoms with van der Waals surface area (Å²) in [6.07, 6.45) is 9.25. The molecule has 0 N–H and O–H groups in total. The van der Waals surface area contributed by atoms with Gasteiger partial charge < -0.3 is 9.80 Å². The van der Waals surface area contributed by atoms with Gasteiger partial charge in [-0.1, -0.05) is 36.4 Å². The Morgan fingerprint density at radius 3 is 2.71 bits per heavy atom. The van der Waals surface area contributed by atoms with Crippen molar-refractivity contribution in [3.05, 3.63) is 60.8 Å². The molecule has 3 aromatic rings. The predicted molar refractivity (Wildman–Crippen MR) is 134 cm³/mol. The molecule has 0 spiro atoms. The SMILES string of the molecule is CSc1ccc2c(c1-c1ccccn1)N(CCC1CCCCN1C)c1ccccc1S2. The normalized spacial score (nSPS) is 18.5. The summed E-state index contributed by atoms with van der Waals surface area (Å²) >= 11 is 3.70. The van der Waals surface area contributed by atoms with Crippen LogP contribution in [0.3, 0.4) is 0 Å². The number of thioether (sulfide) groups is 1. The third kappa shape index (κ3) is 4.11. The van der Waals surface area contributed by atoms with Gasteiger partial charge in [-0.05, 0) is 75.5 Å². The van der Waals surface area contributed by atoms with E-state index >= 15 is 0 Å². The Hall–Kier alpha value is -1.95. The highest BCUT2D eigenvalue weighted by atomic mass is 32.2. The molecule has 0 saturated carbocycles. The van der Waals surface area contributed by atoms with Crippen LogP contribution in [0.25, 0.3) is 11.3 Å². The number of pyridine rings is 1. The number of anilines is 2. The van der Waals surface area contributed by atoms with Gasteiger partial charge in [0, 0.05) is 39.0 Å². The average Bonchev–Trinajstić information content (AvgIpc) is 2.82. The van der Waals surface area contributed by atoms with Crippen molar-refractivity contribution in [3.63, 3.8) is 0 Å². The van der Waals surface area contributed by atoms with E-state index in [9.17, 15) is 0 Å². The number of nitrogens with zero attached hydrogens (tertiary/aromatic N) is 3. The van der Waals surface area contributed by atoms with Crippen LogP contribution in [0.4, 0.5) is 11.4 Å². The highest BCUT2D eigenvalue weighted by Gasteiger charge is 2.29. The van der Waals surface area contributed by atoms with Gasteiger partial charge in [0.25, 0.3) is 0 Å². The topological polar surface area (TPSA) is 19.4 Å². The molecule has 2 aliphatic rings. The van der Waals surface area contributed by atoms with Crippen LogP contribution in [-0.2, 0) is 0 Å². The van der Waals surface area contributed by atoms with Crippen LogP contribution in [0.15, 0.2) is 75.5 Å². The Labute approximate surface area is 194 Å². The van der Waals surface area contributed by atoms with Crippen molar-refractivity contribution >= 4 is 34.9 Å². The maximum Gasteiger partial charge on any atom is 0.0734 e. The summed E-state index contributed by atoms with van der Waals surface area (Å²) in [4.78, 5) is 13.9. The number of rotatable bonds is 5. The molecule has 0 bridgehead atoms. The summed E-state index contributed by atoms with van der Waals surface area (Å²) < 4.78 is 0. The van der Waals surface area contributed by atoms with Crippen LogP contribution in [0, 0.1) is 0 Å². The van der Waals surface area contributed by atoms with Crippen molar-refractivity contribution in [2.45, 2.75) is 46.4 Å². The molecule has 1 unspecified atom stereocenters. The molecule has 1 fully saturated rings. The molecule has 5 heteroatoms. The molecule has 0 amide bonds. The first kappa shape index (κ1) is 20.9. The number of fused-ring (bicyclic) bond motifs is 2. The molecular formula is C26H29N3S2. The molecule has 160 valence electrons. The van der Waals surface area contributed by atoms with Crippen LogP contribution in [0.1, 0.15) is 25.7 Å². The molecule has 5 rings (SSSR count). The van der Waals surface area contributed by atoms with E-state index in [0.717, 1.165) is 12.2 Å². The molecule has 3 nitrogen and oxygen atoms in total. The number of para-hydroxylation sites is 1. The molecule has 1 atom stereocenters. The smallest absolute Gasteiger partial charge is 0.0734 e. The van der Waals surface area contributed by atoms with Crippen LogP contribution in [0.5, 0.6) is 0 Å². The van der Waals surface area contributed by atoms with E-state index in [1.165, 1.54) is 63.9 Å². The van der Waals surface area contributed by atoms with E-state index in [4.69, 9.17) is 4.98 Å². The van der Waals surface area contributed by atoms with E-state index in [0.29, 0.717) is 6.04 Å². The van der Waals surface area contributed by atoms with Crippen molar-refractivity contribution in [1.82, 2.24) is 9.88 Å². The first-order valence-electron chi connectivity index (χ1n) is 11.1. The van der Waals surface area contributed by atoms with Crippen molar-refractivity contribution in [1.29, 1.82) is 0 Å². The predicted octanol–water partition coefficient (Wildman–Crippen LogP) is 6.95. The highest BCUT2D eigenvalue weighted by Crippen LogP contribution is 2.53. The van der Waals surface area contributed by atoms with Gasteiger partial charge in [0.15, 0.2) is 0 Å². The van der Waals surface area contributed by atoms with Crippen molar-refractivity contribution in [3.8, 4) is 11.3 Å². The Balaban J connectivity index is 1.61. The number of piperidine rings is 1. The molecule has 1 aromatic heterocycles. The quantitative estimate of drug-likeness (QED) is 0.393. The summed E-state index contributed by atoms with van der Waals surface area (Å²) in [6, 6.07) is 20.3. The summed E-state index contributed by atoms with van der Waals surface area (Å²) in [5.41, 5.74) is 4.98. The van der Waals surface area contributed by atoms with Crippen LogP contribution in [-0.4, -0.2) is 42.3 Å². The molecule has 0 radical (unpaired) electrons. The largest absolute Gasteiger partial charge is 0.339 e. The maximum atomic E-state index is 4.76. The fourth-order valence-electron chi connectivity index (χ4n) is 4.86. The Morgan fingerprint density at radius 2 is 1.90 bits per heavy atom. The van der Waals surface area contributed by atoms with Gasteiger partial charge in [-0.3, -0.25) is 4.98 Å². The molecule has 2 aromatic carbocycles. The number of hydrogen-bond donors (Lipinski definition) is 0. The van der Waals surface area contributed by atoms with E-state index in [1.54, 1.807) is 0 Å².